The summed E-state index contributed by atoms with van der Waals surface area (Å²) in [6, 6.07) is 0. The molecular formula is C10H6BrF6NO3. The maximum Gasteiger partial charge on any atom is 0.573 e. The number of hydrogen-bond acceptors (Lipinski definition) is 4. The van der Waals surface area contributed by atoms with E-state index >= 15 is 0 Å². The lowest BCUT2D eigenvalue weighted by atomic mass is 10.1. The zero-order valence-electron chi connectivity index (χ0n) is 10.1. The topological polar surface area (TPSA) is 48.4 Å². The molecule has 0 unspecified atom stereocenters. The van der Waals surface area contributed by atoms with Crippen LogP contribution in [0.5, 0.6) is 5.75 Å². The van der Waals surface area contributed by atoms with Gasteiger partial charge in [0, 0.05) is 10.9 Å². The second kappa shape index (κ2) is 6.08. The highest BCUT2D eigenvalue weighted by molar-refractivity contribution is 9.08. The van der Waals surface area contributed by atoms with Gasteiger partial charge in [-0.1, -0.05) is 15.9 Å². The number of halogens is 7. The molecule has 0 atom stereocenters. The minimum Gasteiger partial charge on any atom is -0.464 e. The first kappa shape index (κ1) is 17.5. The first-order valence-electron chi connectivity index (χ1n) is 5.00. The number of ether oxygens (including phenoxy) is 2. The minimum absolute atomic E-state index is 0.175. The fourth-order valence-electron chi connectivity index (χ4n) is 1.45. The predicted octanol–water partition coefficient (Wildman–Crippen LogP) is 3.68. The Balaban J connectivity index is 3.58. The monoisotopic (exact) mass is 381 g/mol. The first-order valence-corrected chi connectivity index (χ1v) is 6.12. The largest absolute Gasteiger partial charge is 0.573 e. The average molecular weight is 382 g/mol. The highest BCUT2D eigenvalue weighted by Gasteiger charge is 2.43. The van der Waals surface area contributed by atoms with Crippen molar-refractivity contribution in [3.8, 4) is 5.75 Å². The Morgan fingerprint density at radius 1 is 1.29 bits per heavy atom. The number of carbonyl (C=O) groups is 1. The Labute approximate surface area is 122 Å². The summed E-state index contributed by atoms with van der Waals surface area (Å²) >= 11 is 2.68. The van der Waals surface area contributed by atoms with Crippen LogP contribution in [0, 0.1) is 0 Å². The summed E-state index contributed by atoms with van der Waals surface area (Å²) in [5, 5.41) is -0.575. The number of aromatic nitrogens is 1. The Morgan fingerprint density at radius 3 is 2.24 bits per heavy atom. The van der Waals surface area contributed by atoms with Crippen LogP contribution < -0.4 is 4.74 Å². The SMILES string of the molecule is COC(=O)c1ncc(OC(F)(F)F)c(C(F)(F)F)c1CBr. The van der Waals surface area contributed by atoms with Gasteiger partial charge in [-0.05, 0) is 0 Å². The van der Waals surface area contributed by atoms with E-state index in [0.29, 0.717) is 0 Å². The fourth-order valence-corrected chi connectivity index (χ4v) is 1.99. The molecule has 4 nitrogen and oxygen atoms in total. The van der Waals surface area contributed by atoms with Crippen LogP contribution in [0.1, 0.15) is 21.6 Å². The normalized spacial score (nSPS) is 12.2. The van der Waals surface area contributed by atoms with Crippen LogP contribution in [0.4, 0.5) is 26.3 Å². The third-order valence-corrected chi connectivity index (χ3v) is 2.73. The summed E-state index contributed by atoms with van der Waals surface area (Å²) in [5.41, 5.74) is -3.31. The lowest BCUT2D eigenvalue weighted by molar-refractivity contribution is -0.276. The van der Waals surface area contributed by atoms with Crippen molar-refractivity contribution in [2.24, 2.45) is 0 Å². The fraction of sp³-hybridized carbons (Fsp3) is 0.400. The molecule has 0 amide bonds. The van der Waals surface area contributed by atoms with Crippen molar-refractivity contribution in [3.05, 3.63) is 23.0 Å². The molecule has 0 saturated heterocycles. The Bertz CT molecular complexity index is 543. The molecule has 1 heterocycles. The van der Waals surface area contributed by atoms with Gasteiger partial charge in [0.25, 0.3) is 0 Å². The molecule has 21 heavy (non-hydrogen) atoms. The molecule has 0 radical (unpaired) electrons. The molecule has 0 bridgehead atoms. The number of carbonyl (C=O) groups excluding carboxylic acids is 1. The molecule has 0 saturated carbocycles. The van der Waals surface area contributed by atoms with E-state index in [-0.39, 0.29) is 6.20 Å². The van der Waals surface area contributed by atoms with Crippen LogP contribution in [0.2, 0.25) is 0 Å². The number of methoxy groups -OCH3 is 1. The van der Waals surface area contributed by atoms with E-state index in [1.807, 2.05) is 0 Å². The molecule has 0 N–H and O–H groups in total. The zero-order chi connectivity index (χ0) is 16.4. The van der Waals surface area contributed by atoms with Crippen LogP contribution in [0.3, 0.4) is 0 Å². The number of pyridine rings is 1. The second-order valence-electron chi connectivity index (χ2n) is 3.50. The van der Waals surface area contributed by atoms with E-state index < -0.39 is 46.4 Å². The number of nitrogens with zero attached hydrogens (tertiary/aromatic N) is 1. The molecule has 0 spiro atoms. The summed E-state index contributed by atoms with van der Waals surface area (Å²) < 4.78 is 82.9. The van der Waals surface area contributed by atoms with Gasteiger partial charge in [0.1, 0.15) is 5.56 Å². The van der Waals surface area contributed by atoms with Crippen molar-refractivity contribution in [2.75, 3.05) is 7.11 Å². The highest BCUT2D eigenvalue weighted by Crippen LogP contribution is 2.41. The van der Waals surface area contributed by atoms with Crippen LogP contribution in [-0.4, -0.2) is 24.4 Å². The van der Waals surface area contributed by atoms with Crippen molar-refractivity contribution in [1.82, 2.24) is 4.98 Å². The van der Waals surface area contributed by atoms with Gasteiger partial charge in [0.15, 0.2) is 11.4 Å². The summed E-state index contributed by atoms with van der Waals surface area (Å²) in [4.78, 5) is 14.6. The van der Waals surface area contributed by atoms with Crippen molar-refractivity contribution >= 4 is 21.9 Å². The summed E-state index contributed by atoms with van der Waals surface area (Å²) in [7, 11) is 0.898. The van der Waals surface area contributed by atoms with Crippen molar-refractivity contribution in [3.63, 3.8) is 0 Å². The number of esters is 1. The van der Waals surface area contributed by atoms with Gasteiger partial charge in [-0.25, -0.2) is 9.78 Å². The zero-order valence-corrected chi connectivity index (χ0v) is 11.7. The van der Waals surface area contributed by atoms with Gasteiger partial charge in [-0.15, -0.1) is 13.2 Å². The predicted molar refractivity (Wildman–Crippen MR) is 59.9 cm³/mol. The van der Waals surface area contributed by atoms with Gasteiger partial charge in [-0.3, -0.25) is 0 Å². The van der Waals surface area contributed by atoms with Gasteiger partial charge in [0.2, 0.25) is 0 Å². The van der Waals surface area contributed by atoms with Crippen molar-refractivity contribution < 1.29 is 40.6 Å². The van der Waals surface area contributed by atoms with E-state index in [9.17, 15) is 31.1 Å². The molecule has 0 fully saturated rings. The molecule has 1 rings (SSSR count). The van der Waals surface area contributed by atoms with Crippen LogP contribution in [0.15, 0.2) is 6.20 Å². The highest BCUT2D eigenvalue weighted by atomic mass is 79.9. The lowest BCUT2D eigenvalue weighted by Gasteiger charge is -2.19. The van der Waals surface area contributed by atoms with Crippen LogP contribution >= 0.6 is 15.9 Å². The van der Waals surface area contributed by atoms with Gasteiger partial charge in [-0.2, -0.15) is 13.2 Å². The summed E-state index contributed by atoms with van der Waals surface area (Å²) in [6.45, 7) is 0. The smallest absolute Gasteiger partial charge is 0.464 e. The Morgan fingerprint density at radius 2 is 1.86 bits per heavy atom. The molecular weight excluding hydrogens is 376 g/mol. The van der Waals surface area contributed by atoms with E-state index in [0.717, 1.165) is 7.11 Å². The number of rotatable bonds is 3. The number of alkyl halides is 7. The summed E-state index contributed by atoms with van der Waals surface area (Å²) in [5.74, 6) is -2.76. The molecule has 0 aliphatic heterocycles. The standard InChI is InChI=1S/C10H6BrF6NO3/c1-20-8(19)7-4(2-11)6(9(12,13)14)5(3-18-7)21-10(15,16)17/h3H,2H2,1H3. The molecule has 0 aromatic carbocycles. The van der Waals surface area contributed by atoms with Crippen LogP contribution in [-0.2, 0) is 16.2 Å². The third-order valence-electron chi connectivity index (χ3n) is 2.17. The molecule has 0 aliphatic rings. The molecule has 1 aromatic rings. The number of hydrogen-bond donors (Lipinski definition) is 0. The van der Waals surface area contributed by atoms with Gasteiger partial charge < -0.3 is 9.47 Å². The quantitative estimate of drug-likeness (QED) is 0.455. The van der Waals surface area contributed by atoms with Gasteiger partial charge in [0.05, 0.1) is 13.3 Å². The lowest BCUT2D eigenvalue weighted by Crippen LogP contribution is -2.23. The van der Waals surface area contributed by atoms with Crippen molar-refractivity contribution in [1.29, 1.82) is 0 Å². The van der Waals surface area contributed by atoms with E-state index in [1.54, 1.807) is 0 Å². The summed E-state index contributed by atoms with van der Waals surface area (Å²) in [6.07, 6.45) is -10.3. The first-order chi connectivity index (χ1) is 9.51. The van der Waals surface area contributed by atoms with E-state index in [2.05, 4.69) is 30.4 Å². The van der Waals surface area contributed by atoms with E-state index in [1.165, 1.54) is 0 Å². The maximum atomic E-state index is 13.0. The molecule has 11 heteroatoms. The Hall–Kier alpha value is -1.52. The van der Waals surface area contributed by atoms with Crippen LogP contribution in [0.25, 0.3) is 0 Å². The molecule has 1 aromatic heterocycles. The van der Waals surface area contributed by atoms with E-state index in [4.69, 9.17) is 0 Å². The van der Waals surface area contributed by atoms with Gasteiger partial charge >= 0.3 is 18.5 Å². The Kier molecular flexibility index (Phi) is 5.07. The molecule has 0 aliphatic carbocycles. The minimum atomic E-state index is -5.34. The average Bonchev–Trinajstić information content (AvgIpc) is 2.33. The second-order valence-corrected chi connectivity index (χ2v) is 4.06. The molecule has 118 valence electrons. The third kappa shape index (κ3) is 4.22. The van der Waals surface area contributed by atoms with Crippen molar-refractivity contribution in [2.45, 2.75) is 17.9 Å². The maximum absolute atomic E-state index is 13.0.